The van der Waals surface area contributed by atoms with Gasteiger partial charge in [-0.15, -0.1) is 0 Å². The Hall–Kier alpha value is -6.06. The second-order valence-electron chi connectivity index (χ2n) is 11.6. The zero-order chi connectivity index (χ0) is 36.5. The van der Waals surface area contributed by atoms with Crippen LogP contribution in [-0.2, 0) is 0 Å². The molecule has 0 unspecified atom stereocenters. The van der Waals surface area contributed by atoms with E-state index in [9.17, 15) is 36.6 Å². The summed E-state index contributed by atoms with van der Waals surface area (Å²) in [6.07, 6.45) is 9.47. The van der Waals surface area contributed by atoms with E-state index < -0.39 is 37.0 Å². The van der Waals surface area contributed by atoms with Gasteiger partial charge < -0.3 is 25.0 Å². The maximum Gasteiger partial charge on any atom is 0.387 e. The highest BCUT2D eigenvalue weighted by Crippen LogP contribution is 2.57. The molecule has 10 nitrogen and oxygen atoms in total. The minimum absolute atomic E-state index is 0.0408. The normalized spacial score (nSPS) is 16.5. The van der Waals surface area contributed by atoms with E-state index >= 15 is 0 Å². The number of carboxylic acid groups (broad SMARTS) is 1. The molecule has 0 aliphatic heterocycles. The van der Waals surface area contributed by atoms with Crippen LogP contribution in [-0.4, -0.2) is 62.4 Å². The summed E-state index contributed by atoms with van der Waals surface area (Å²) in [5.74, 6) is 7.90. The molecule has 0 saturated heterocycles. The Morgan fingerprint density at radius 3 is 1.90 bits per heavy atom. The number of halogens is 5. The Morgan fingerprint density at radius 1 is 0.784 bits per heavy atom. The van der Waals surface area contributed by atoms with Crippen molar-refractivity contribution in [3.63, 3.8) is 0 Å². The van der Waals surface area contributed by atoms with Crippen molar-refractivity contribution in [1.82, 2.24) is 20.3 Å². The molecule has 0 bridgehead atoms. The zero-order valence-corrected chi connectivity index (χ0v) is 26.3. The predicted molar refractivity (Wildman–Crippen MR) is 169 cm³/mol. The number of amides is 1. The van der Waals surface area contributed by atoms with Gasteiger partial charge in [-0.2, -0.15) is 17.6 Å². The van der Waals surface area contributed by atoms with Crippen LogP contribution in [0.2, 0.25) is 0 Å². The number of aliphatic hydroxyl groups excluding tert-OH is 1. The fourth-order valence-electron chi connectivity index (χ4n) is 5.31. The van der Waals surface area contributed by atoms with Crippen molar-refractivity contribution >= 4 is 11.9 Å². The van der Waals surface area contributed by atoms with Gasteiger partial charge in [0.25, 0.3) is 5.91 Å². The summed E-state index contributed by atoms with van der Waals surface area (Å²) >= 11 is 0. The highest BCUT2D eigenvalue weighted by atomic mass is 19.3. The van der Waals surface area contributed by atoms with Crippen LogP contribution >= 0.6 is 0 Å². The first kappa shape index (κ1) is 36.2. The number of nitrogens with zero attached hydrogens (tertiary/aromatic N) is 3. The molecule has 2 fully saturated rings. The molecular formula is C36H27F5N4O6. The van der Waals surface area contributed by atoms with Crippen molar-refractivity contribution in [3.05, 3.63) is 113 Å². The average molecular weight is 707 g/mol. The molecule has 262 valence electrons. The molecular weight excluding hydrogens is 679 g/mol. The molecule has 51 heavy (non-hydrogen) atoms. The van der Waals surface area contributed by atoms with Gasteiger partial charge >= 0.3 is 19.2 Å². The number of nitrogens with one attached hydrogen (secondary N) is 1. The number of aliphatic hydroxyl groups is 1. The lowest BCUT2D eigenvalue weighted by molar-refractivity contribution is -0.0507. The fourth-order valence-corrected chi connectivity index (χ4v) is 5.31. The molecule has 1 amide bonds. The lowest BCUT2D eigenvalue weighted by Gasteiger charge is -2.17. The van der Waals surface area contributed by atoms with Gasteiger partial charge in [0.15, 0.2) is 0 Å². The van der Waals surface area contributed by atoms with Gasteiger partial charge in [-0.1, -0.05) is 23.7 Å². The number of benzene rings is 2. The third-order valence-corrected chi connectivity index (χ3v) is 7.88. The smallest absolute Gasteiger partial charge is 0.387 e. The lowest BCUT2D eigenvalue weighted by atomic mass is 10.1. The summed E-state index contributed by atoms with van der Waals surface area (Å²) in [5.41, 5.74) is 1.07. The number of pyridine rings is 1. The van der Waals surface area contributed by atoms with Gasteiger partial charge in [0.1, 0.15) is 23.6 Å². The standard InChI is InChI=1S/C22H19F3N2O3.C14H8F2N2O3/c23-16-7-13(11-26-12-16)1-2-14-8-15(3-4-19(14)30-21(24)25)20(29)27-17-9-22(5-6-22)10-18(17)28;15-14(16)21-12-4-3-11(13(19)20)5-10(12)2-1-9-6-17-8-18-7-9/h3-4,7-8,11-12,17-18,21,28H,5-6,9-10H2,(H,27,29);3-8,14H,(H,19,20)/t17-,18-;/m0./s1. The second-order valence-corrected chi connectivity index (χ2v) is 11.6. The van der Waals surface area contributed by atoms with Gasteiger partial charge in [-0.25, -0.2) is 19.2 Å². The Labute approximate surface area is 287 Å². The van der Waals surface area contributed by atoms with Crippen molar-refractivity contribution in [1.29, 1.82) is 0 Å². The maximum absolute atomic E-state index is 13.3. The van der Waals surface area contributed by atoms with Crippen LogP contribution in [0.3, 0.4) is 0 Å². The molecule has 2 heterocycles. The van der Waals surface area contributed by atoms with Gasteiger partial charge in [0.2, 0.25) is 0 Å². The Balaban J connectivity index is 0.000000211. The van der Waals surface area contributed by atoms with Gasteiger partial charge in [0.05, 0.1) is 40.6 Å². The van der Waals surface area contributed by atoms with Gasteiger partial charge in [-0.3, -0.25) is 9.78 Å². The predicted octanol–water partition coefficient (Wildman–Crippen LogP) is 5.43. The van der Waals surface area contributed by atoms with E-state index in [1.807, 2.05) is 0 Å². The highest BCUT2D eigenvalue weighted by molar-refractivity contribution is 5.95. The number of aromatic carboxylic acids is 1. The summed E-state index contributed by atoms with van der Waals surface area (Å²) in [4.78, 5) is 34.8. The third kappa shape index (κ3) is 10.2. The van der Waals surface area contributed by atoms with Crippen LogP contribution in [0, 0.1) is 34.9 Å². The molecule has 15 heteroatoms. The van der Waals surface area contributed by atoms with Crippen LogP contribution in [0.4, 0.5) is 22.0 Å². The maximum atomic E-state index is 13.3. The number of ether oxygens (including phenoxy) is 2. The first-order chi connectivity index (χ1) is 24.4. The third-order valence-electron chi connectivity index (χ3n) is 7.88. The molecule has 3 N–H and O–H groups in total. The van der Waals surface area contributed by atoms with Crippen molar-refractivity contribution < 1.29 is 51.2 Å². The van der Waals surface area contributed by atoms with E-state index in [4.69, 9.17) is 5.11 Å². The van der Waals surface area contributed by atoms with Gasteiger partial charge in [-0.05, 0) is 73.6 Å². The number of aromatic nitrogens is 3. The minimum atomic E-state index is -3.07. The molecule has 2 saturated carbocycles. The molecule has 0 radical (unpaired) electrons. The number of carbonyl (C=O) groups excluding carboxylic acids is 1. The number of carbonyl (C=O) groups is 2. The average Bonchev–Trinajstić information content (AvgIpc) is 3.77. The quantitative estimate of drug-likeness (QED) is 0.169. The van der Waals surface area contributed by atoms with Gasteiger partial charge in [0, 0.05) is 29.7 Å². The monoisotopic (exact) mass is 706 g/mol. The molecule has 4 aromatic rings. The van der Waals surface area contributed by atoms with Crippen molar-refractivity contribution in [2.24, 2.45) is 5.41 Å². The number of hydrogen-bond donors (Lipinski definition) is 3. The molecule has 2 aliphatic carbocycles. The SMILES string of the molecule is O=C(N[C@H]1CC2(CC2)C[C@@H]1O)c1ccc(OC(F)F)c(C#Cc2cncc(F)c2)c1.O=C(O)c1ccc(OC(F)F)c(C#Cc2cncnc2)c1. The summed E-state index contributed by atoms with van der Waals surface area (Å²) < 4.78 is 72.2. The number of alkyl halides is 4. The summed E-state index contributed by atoms with van der Waals surface area (Å²) in [6, 6.07) is 8.21. The zero-order valence-electron chi connectivity index (χ0n) is 26.3. The molecule has 2 aromatic carbocycles. The van der Waals surface area contributed by atoms with E-state index in [1.54, 1.807) is 0 Å². The van der Waals surface area contributed by atoms with E-state index in [0.717, 1.165) is 49.7 Å². The summed E-state index contributed by atoms with van der Waals surface area (Å²) in [5, 5.41) is 21.9. The first-order valence-electron chi connectivity index (χ1n) is 15.2. The van der Waals surface area contributed by atoms with Crippen LogP contribution in [0.5, 0.6) is 11.5 Å². The van der Waals surface area contributed by atoms with Crippen molar-refractivity contribution in [2.45, 2.75) is 51.1 Å². The van der Waals surface area contributed by atoms with Crippen LogP contribution in [0.25, 0.3) is 0 Å². The Morgan fingerprint density at radius 2 is 1.35 bits per heavy atom. The minimum Gasteiger partial charge on any atom is -0.478 e. The summed E-state index contributed by atoms with van der Waals surface area (Å²) in [7, 11) is 0. The fraction of sp³-hybridized carbons (Fsp3) is 0.250. The molecule has 1 spiro atoms. The van der Waals surface area contributed by atoms with Crippen molar-refractivity contribution in [2.75, 3.05) is 0 Å². The lowest BCUT2D eigenvalue weighted by Crippen LogP contribution is -2.39. The largest absolute Gasteiger partial charge is 0.478 e. The van der Waals surface area contributed by atoms with E-state index in [-0.39, 0.29) is 50.8 Å². The van der Waals surface area contributed by atoms with E-state index in [2.05, 4.69) is 53.4 Å². The number of hydrogen-bond acceptors (Lipinski definition) is 8. The molecule has 2 atom stereocenters. The van der Waals surface area contributed by atoms with E-state index in [1.165, 1.54) is 43.1 Å². The highest BCUT2D eigenvalue weighted by Gasteiger charge is 2.52. The number of rotatable bonds is 7. The van der Waals surface area contributed by atoms with Crippen molar-refractivity contribution in [3.8, 4) is 35.2 Å². The molecule has 6 rings (SSSR count). The Bertz CT molecular complexity index is 2020. The second kappa shape index (κ2) is 16.1. The first-order valence-corrected chi connectivity index (χ1v) is 15.2. The van der Waals surface area contributed by atoms with Crippen LogP contribution in [0.15, 0.2) is 73.6 Å². The number of carboxylic acids is 1. The molecule has 2 aliphatic rings. The van der Waals surface area contributed by atoms with E-state index in [0.29, 0.717) is 12.0 Å². The molecule has 2 aromatic heterocycles. The van der Waals surface area contributed by atoms with Crippen LogP contribution < -0.4 is 14.8 Å². The van der Waals surface area contributed by atoms with Crippen LogP contribution in [0.1, 0.15) is 68.7 Å². The summed E-state index contributed by atoms with van der Waals surface area (Å²) in [6.45, 7) is -6.09. The Kier molecular flexibility index (Phi) is 11.4. The topological polar surface area (TPSA) is 144 Å².